The van der Waals surface area contributed by atoms with E-state index in [-0.39, 0.29) is 41.3 Å². The van der Waals surface area contributed by atoms with Crippen LogP contribution in [0.5, 0.6) is 5.75 Å². The van der Waals surface area contributed by atoms with Crippen molar-refractivity contribution >= 4 is 17.6 Å². The lowest BCUT2D eigenvalue weighted by Gasteiger charge is -2.27. The highest BCUT2D eigenvalue weighted by atomic mass is 19.3. The minimum Gasteiger partial charge on any atom is -0.463 e. The van der Waals surface area contributed by atoms with E-state index in [9.17, 15) is 28.5 Å². The third-order valence-corrected chi connectivity index (χ3v) is 3.76. The molecule has 0 saturated heterocycles. The molecule has 10 heteroatoms. The molecule has 0 aliphatic carbocycles. The van der Waals surface area contributed by atoms with Gasteiger partial charge in [0.1, 0.15) is 5.75 Å². The van der Waals surface area contributed by atoms with Crippen LogP contribution < -0.4 is 10.1 Å². The second kappa shape index (κ2) is 7.89. The Hall–Kier alpha value is -3.04. The lowest BCUT2D eigenvalue weighted by Crippen LogP contribution is -2.34. The number of esters is 1. The second-order valence-corrected chi connectivity index (χ2v) is 5.42. The normalized spacial score (nSPS) is 17.1. The van der Waals surface area contributed by atoms with Crippen molar-refractivity contribution in [2.24, 2.45) is 0 Å². The number of nitrogens with one attached hydrogen (secondary N) is 1. The number of ether oxygens (including phenoxy) is 2. The maximum atomic E-state index is 12.7. The van der Waals surface area contributed by atoms with Crippen molar-refractivity contribution in [1.82, 2.24) is 5.32 Å². The van der Waals surface area contributed by atoms with E-state index in [1.807, 2.05) is 0 Å². The molecule has 0 unspecified atom stereocenters. The number of carbonyl (C=O) groups excluding carboxylic acids is 2. The molecule has 1 N–H and O–H groups in total. The van der Waals surface area contributed by atoms with Gasteiger partial charge in [-0.3, -0.25) is 14.9 Å². The average Bonchev–Trinajstić information content (AvgIpc) is 2.53. The first-order valence-corrected chi connectivity index (χ1v) is 7.65. The van der Waals surface area contributed by atoms with Gasteiger partial charge in [0.2, 0.25) is 5.91 Å². The third-order valence-electron chi connectivity index (χ3n) is 3.76. The van der Waals surface area contributed by atoms with E-state index in [1.165, 1.54) is 6.92 Å². The molecule has 1 amide bonds. The van der Waals surface area contributed by atoms with Crippen molar-refractivity contribution in [2.45, 2.75) is 32.8 Å². The number of hydrogen-bond acceptors (Lipinski definition) is 6. The first-order chi connectivity index (χ1) is 12.2. The molecule has 0 fully saturated rings. The molecule has 1 aliphatic heterocycles. The molecule has 140 valence electrons. The number of carbonyl (C=O) groups is 2. The predicted molar refractivity (Wildman–Crippen MR) is 84.6 cm³/mol. The summed E-state index contributed by atoms with van der Waals surface area (Å²) >= 11 is 0. The van der Waals surface area contributed by atoms with Crippen LogP contribution in [-0.2, 0) is 14.3 Å². The van der Waals surface area contributed by atoms with Crippen LogP contribution in [0.15, 0.2) is 29.5 Å². The number of nitrogens with zero attached hydrogens (tertiary/aromatic N) is 1. The summed E-state index contributed by atoms with van der Waals surface area (Å²) in [6.07, 6.45) is -0.272. The third kappa shape index (κ3) is 4.13. The zero-order chi connectivity index (χ0) is 19.4. The van der Waals surface area contributed by atoms with Gasteiger partial charge in [0.05, 0.1) is 17.1 Å². The number of rotatable bonds is 6. The number of alkyl halides is 2. The van der Waals surface area contributed by atoms with Gasteiger partial charge < -0.3 is 14.8 Å². The van der Waals surface area contributed by atoms with E-state index in [4.69, 9.17) is 4.74 Å². The van der Waals surface area contributed by atoms with E-state index in [0.29, 0.717) is 0 Å². The van der Waals surface area contributed by atoms with Crippen molar-refractivity contribution in [2.75, 3.05) is 6.61 Å². The molecule has 1 aromatic rings. The number of amides is 1. The number of allylic oxidation sites excluding steroid dienone is 1. The fraction of sp³-hybridized carbons (Fsp3) is 0.375. The van der Waals surface area contributed by atoms with E-state index >= 15 is 0 Å². The Morgan fingerprint density at radius 1 is 1.46 bits per heavy atom. The summed E-state index contributed by atoms with van der Waals surface area (Å²) < 4.78 is 34.8. The molecular weight excluding hydrogens is 354 g/mol. The Morgan fingerprint density at radius 2 is 2.15 bits per heavy atom. The molecule has 0 saturated carbocycles. The van der Waals surface area contributed by atoms with Crippen molar-refractivity contribution < 1.29 is 32.8 Å². The summed E-state index contributed by atoms with van der Waals surface area (Å²) in [6, 6.07) is 3.04. The maximum absolute atomic E-state index is 12.7. The summed E-state index contributed by atoms with van der Waals surface area (Å²) in [5.74, 6) is -2.57. The summed E-state index contributed by atoms with van der Waals surface area (Å²) in [7, 11) is 0. The fourth-order valence-electron chi connectivity index (χ4n) is 2.77. The number of non-ortho nitro benzene ring substituents is 1. The molecule has 1 aromatic carbocycles. The van der Waals surface area contributed by atoms with Crippen LogP contribution in [0.3, 0.4) is 0 Å². The number of benzene rings is 1. The molecule has 0 spiro atoms. The van der Waals surface area contributed by atoms with E-state index in [0.717, 1.165) is 18.2 Å². The highest BCUT2D eigenvalue weighted by molar-refractivity contribution is 5.96. The van der Waals surface area contributed by atoms with Crippen LogP contribution in [-0.4, -0.2) is 30.0 Å². The van der Waals surface area contributed by atoms with Gasteiger partial charge in [-0.15, -0.1) is 0 Å². The van der Waals surface area contributed by atoms with Gasteiger partial charge >= 0.3 is 12.6 Å². The van der Waals surface area contributed by atoms with Crippen molar-refractivity contribution in [3.8, 4) is 5.75 Å². The monoisotopic (exact) mass is 370 g/mol. The Labute approximate surface area is 146 Å². The first kappa shape index (κ1) is 19.3. The highest BCUT2D eigenvalue weighted by Crippen LogP contribution is 2.40. The van der Waals surface area contributed by atoms with E-state index < -0.39 is 29.3 Å². The zero-order valence-corrected chi connectivity index (χ0v) is 14.0. The Kier molecular flexibility index (Phi) is 5.86. The van der Waals surface area contributed by atoms with Crippen LogP contribution >= 0.6 is 0 Å². The van der Waals surface area contributed by atoms with Gasteiger partial charge in [0.25, 0.3) is 5.69 Å². The molecular formula is C16H16F2N2O6. The van der Waals surface area contributed by atoms with Crippen molar-refractivity contribution in [3.05, 3.63) is 45.1 Å². The summed E-state index contributed by atoms with van der Waals surface area (Å²) in [6.45, 7) is -0.0701. The number of hydrogen-bond donors (Lipinski definition) is 1. The molecule has 0 radical (unpaired) electrons. The SMILES string of the molecule is CCOC(=O)C1=C(C)NC(=O)C[C@@H]1c1cc([N+](=O)[O-])ccc1OC(F)F. The van der Waals surface area contributed by atoms with Gasteiger partial charge in [0.15, 0.2) is 0 Å². The summed E-state index contributed by atoms with van der Waals surface area (Å²) in [5, 5.41) is 13.5. The molecule has 1 atom stereocenters. The van der Waals surface area contributed by atoms with Gasteiger partial charge in [-0.05, 0) is 19.9 Å². The van der Waals surface area contributed by atoms with E-state index in [1.54, 1.807) is 6.92 Å². The van der Waals surface area contributed by atoms with E-state index in [2.05, 4.69) is 10.1 Å². The van der Waals surface area contributed by atoms with Crippen LogP contribution in [0.4, 0.5) is 14.5 Å². The van der Waals surface area contributed by atoms with Crippen LogP contribution in [0.1, 0.15) is 31.7 Å². The van der Waals surface area contributed by atoms with Gasteiger partial charge in [-0.25, -0.2) is 4.79 Å². The zero-order valence-electron chi connectivity index (χ0n) is 14.0. The summed E-state index contributed by atoms with van der Waals surface area (Å²) in [4.78, 5) is 34.6. The largest absolute Gasteiger partial charge is 0.463 e. The quantitative estimate of drug-likeness (QED) is 0.469. The second-order valence-electron chi connectivity index (χ2n) is 5.42. The molecule has 8 nitrogen and oxygen atoms in total. The highest BCUT2D eigenvalue weighted by Gasteiger charge is 2.35. The minimum atomic E-state index is -3.18. The molecule has 2 rings (SSSR count). The van der Waals surface area contributed by atoms with Gasteiger partial charge in [0, 0.05) is 35.7 Å². The molecule has 26 heavy (non-hydrogen) atoms. The van der Waals surface area contributed by atoms with Crippen molar-refractivity contribution in [1.29, 1.82) is 0 Å². The number of nitro benzene ring substituents is 1. The maximum Gasteiger partial charge on any atom is 0.387 e. The average molecular weight is 370 g/mol. The van der Waals surface area contributed by atoms with Gasteiger partial charge in [-0.1, -0.05) is 0 Å². The minimum absolute atomic E-state index is 0.0334. The standard InChI is InChI=1S/C16H16F2N2O6/c1-3-25-15(22)14-8(2)19-13(21)7-11(14)10-6-9(20(23)24)4-5-12(10)26-16(17)18/h4-6,11,16H,3,7H2,1-2H3,(H,19,21)/t11-/m1/s1. The Morgan fingerprint density at radius 3 is 2.73 bits per heavy atom. The first-order valence-electron chi connectivity index (χ1n) is 7.65. The van der Waals surface area contributed by atoms with Crippen LogP contribution in [0.2, 0.25) is 0 Å². The molecule has 1 heterocycles. The van der Waals surface area contributed by atoms with Crippen LogP contribution in [0.25, 0.3) is 0 Å². The lowest BCUT2D eigenvalue weighted by atomic mass is 9.83. The van der Waals surface area contributed by atoms with Gasteiger partial charge in [-0.2, -0.15) is 8.78 Å². The molecule has 0 bridgehead atoms. The molecule has 0 aromatic heterocycles. The number of nitro groups is 1. The predicted octanol–water partition coefficient (Wildman–Crippen LogP) is 2.64. The lowest BCUT2D eigenvalue weighted by molar-refractivity contribution is -0.385. The summed E-state index contributed by atoms with van der Waals surface area (Å²) in [5.41, 5.74) is -0.213. The topological polar surface area (TPSA) is 108 Å². The molecule has 1 aliphatic rings. The fourth-order valence-corrected chi connectivity index (χ4v) is 2.77. The van der Waals surface area contributed by atoms with Crippen LogP contribution in [0, 0.1) is 10.1 Å². The smallest absolute Gasteiger partial charge is 0.387 e. The Bertz CT molecular complexity index is 778. The Balaban J connectivity index is 2.62. The number of halogens is 2. The van der Waals surface area contributed by atoms with Crippen molar-refractivity contribution in [3.63, 3.8) is 0 Å².